The van der Waals surface area contributed by atoms with Crippen LogP contribution < -0.4 is 19.5 Å². The number of benzene rings is 2. The van der Waals surface area contributed by atoms with Crippen molar-refractivity contribution in [3.05, 3.63) is 108 Å². The Hall–Kier alpha value is -7.07. The Morgan fingerprint density at radius 1 is 0.759 bits per heavy atom. The Labute approximate surface area is 307 Å². The molecule has 266 valence electrons. The average molecular weight is 719 g/mol. The fourth-order valence-corrected chi connectivity index (χ4v) is 6.93. The van der Waals surface area contributed by atoms with E-state index in [0.717, 1.165) is 50.7 Å². The average Bonchev–Trinajstić information content (AvgIpc) is 3.66. The van der Waals surface area contributed by atoms with Crippen LogP contribution in [0.1, 0.15) is 52.1 Å². The molecular weight excluding hydrogens is 688 g/mol. The van der Waals surface area contributed by atoms with Crippen molar-refractivity contribution in [2.24, 2.45) is 0 Å². The van der Waals surface area contributed by atoms with Gasteiger partial charge >= 0.3 is 0 Å². The fraction of sp³-hybridized carbons (Fsp3) is 0.195. The van der Waals surface area contributed by atoms with E-state index >= 15 is 0 Å². The molecule has 1 aliphatic carbocycles. The maximum absolute atomic E-state index is 13.0. The van der Waals surface area contributed by atoms with E-state index in [1.807, 2.05) is 36.7 Å². The number of nitrogens with one attached hydrogen (secondary N) is 2. The molecule has 4 amide bonds. The minimum atomic E-state index is -1.03. The van der Waals surface area contributed by atoms with E-state index < -0.39 is 29.7 Å². The summed E-state index contributed by atoms with van der Waals surface area (Å²) in [6, 6.07) is 19.3. The van der Waals surface area contributed by atoms with Crippen molar-refractivity contribution in [2.75, 3.05) is 6.61 Å². The number of aromatic nitrogens is 4. The van der Waals surface area contributed by atoms with Crippen LogP contribution in [0, 0.1) is 11.8 Å². The van der Waals surface area contributed by atoms with Gasteiger partial charge in [-0.05, 0) is 66.4 Å². The number of H-pyrrole nitrogens is 1. The van der Waals surface area contributed by atoms with Crippen LogP contribution in [0.3, 0.4) is 0 Å². The molecule has 13 nitrogen and oxygen atoms in total. The summed E-state index contributed by atoms with van der Waals surface area (Å²) in [4.78, 5) is 67.2. The van der Waals surface area contributed by atoms with Crippen molar-refractivity contribution in [1.82, 2.24) is 30.2 Å². The predicted octanol–water partition coefficient (Wildman–Crippen LogP) is 4.99. The molecule has 4 aromatic heterocycles. The molecule has 2 aromatic carbocycles. The first-order valence-electron chi connectivity index (χ1n) is 17.4. The van der Waals surface area contributed by atoms with Gasteiger partial charge < -0.3 is 19.2 Å². The summed E-state index contributed by atoms with van der Waals surface area (Å²) >= 11 is 0. The first kappa shape index (κ1) is 32.8. The van der Waals surface area contributed by atoms with Crippen molar-refractivity contribution >= 4 is 45.4 Å². The number of aromatic amines is 1. The molecule has 3 aliphatic rings. The summed E-state index contributed by atoms with van der Waals surface area (Å²) < 4.78 is 17.9. The second-order valence-electron chi connectivity index (χ2n) is 13.3. The predicted molar refractivity (Wildman–Crippen MR) is 195 cm³/mol. The number of ether oxygens (including phenoxy) is 3. The van der Waals surface area contributed by atoms with Gasteiger partial charge in [-0.15, -0.1) is 0 Å². The Balaban J connectivity index is 0.733. The number of piperidine rings is 1. The van der Waals surface area contributed by atoms with E-state index in [0.29, 0.717) is 23.1 Å². The van der Waals surface area contributed by atoms with Gasteiger partial charge in [-0.25, -0.2) is 9.97 Å². The van der Waals surface area contributed by atoms with Crippen molar-refractivity contribution in [3.8, 4) is 40.3 Å². The van der Waals surface area contributed by atoms with Gasteiger partial charge in [0.1, 0.15) is 42.0 Å². The molecule has 2 N–H and O–H groups in total. The van der Waals surface area contributed by atoms with Crippen molar-refractivity contribution in [3.63, 3.8) is 0 Å². The molecule has 0 bridgehead atoms. The van der Waals surface area contributed by atoms with Gasteiger partial charge in [0, 0.05) is 71.3 Å². The molecule has 6 heterocycles. The minimum absolute atomic E-state index is 0.00485. The maximum Gasteiger partial charge on any atom is 0.262 e. The number of amides is 4. The van der Waals surface area contributed by atoms with E-state index in [4.69, 9.17) is 14.2 Å². The lowest BCUT2D eigenvalue weighted by molar-refractivity contribution is -0.136. The molecule has 1 saturated carbocycles. The quantitative estimate of drug-likeness (QED) is 0.162. The number of hydrogen-bond acceptors (Lipinski definition) is 10. The van der Waals surface area contributed by atoms with Crippen LogP contribution in [0.5, 0.6) is 17.4 Å². The fourth-order valence-electron chi connectivity index (χ4n) is 6.93. The first-order chi connectivity index (χ1) is 26.4. The summed E-state index contributed by atoms with van der Waals surface area (Å²) in [6.07, 6.45) is 8.73. The van der Waals surface area contributed by atoms with Crippen LogP contribution in [0.25, 0.3) is 32.9 Å². The highest BCUT2D eigenvalue weighted by Gasteiger charge is 2.44. The van der Waals surface area contributed by atoms with E-state index in [-0.39, 0.29) is 42.8 Å². The monoisotopic (exact) mass is 718 g/mol. The Morgan fingerprint density at radius 2 is 1.59 bits per heavy atom. The normalized spacial score (nSPS) is 19.2. The van der Waals surface area contributed by atoms with Crippen LogP contribution in [0.4, 0.5) is 0 Å². The highest BCUT2D eigenvalue weighted by Crippen LogP contribution is 2.33. The van der Waals surface area contributed by atoms with Gasteiger partial charge in [0.05, 0.1) is 17.3 Å². The van der Waals surface area contributed by atoms with Gasteiger partial charge in [0.25, 0.3) is 11.8 Å². The third-order valence-electron chi connectivity index (χ3n) is 9.79. The number of nitrogens with zero attached hydrogens (tertiary/aromatic N) is 4. The van der Waals surface area contributed by atoms with E-state index in [9.17, 15) is 19.2 Å². The lowest BCUT2D eigenvalue weighted by Crippen LogP contribution is -2.54. The molecule has 1 saturated heterocycles. The standard InChI is InChI=1S/C41H30N6O7/c48-37-11-10-36(39(49)46-37)47-40(50)31-9-7-26(19-32(31)41(47)51)52-15-1-2-25-5-6-27(21-43-25)53-28-17-29(18-28)54-38-12-4-24(20-44-38)23-3-8-30-33-22-42-14-13-34(33)45-35(30)16-23/h3-9,12-14,16,19-22,28-29,36,45H,10-11,15,17-18H2,(H,46,48,49)/t28-,29-,36?. The molecule has 2 fully saturated rings. The van der Waals surface area contributed by atoms with Crippen molar-refractivity contribution < 1.29 is 33.4 Å². The highest BCUT2D eigenvalue weighted by atomic mass is 16.5. The lowest BCUT2D eigenvalue weighted by atomic mass is 9.92. The number of fused-ring (bicyclic) bond motifs is 4. The van der Waals surface area contributed by atoms with Crippen molar-refractivity contribution in [2.45, 2.75) is 43.9 Å². The SMILES string of the molecule is O=C1CCC(N2C(=O)c3ccc(OCC#Cc4ccc(O[C@H]5C[C@H](Oc6ccc(-c7ccc8c(c7)[nH]c7ccncc78)cn6)C5)cn4)cc3C2=O)C(=O)N1. The summed E-state index contributed by atoms with van der Waals surface area (Å²) in [5, 5.41) is 4.42. The molecule has 9 rings (SSSR count). The van der Waals surface area contributed by atoms with Crippen LogP contribution in [0.15, 0.2) is 91.5 Å². The smallest absolute Gasteiger partial charge is 0.262 e. The third kappa shape index (κ3) is 6.23. The van der Waals surface area contributed by atoms with Gasteiger partial charge in [0.2, 0.25) is 17.7 Å². The molecule has 0 spiro atoms. The summed E-state index contributed by atoms with van der Waals surface area (Å²) in [5.74, 6) is 5.13. The molecule has 1 atom stereocenters. The number of carbonyl (C=O) groups excluding carboxylic acids is 4. The molecule has 54 heavy (non-hydrogen) atoms. The number of hydrogen-bond donors (Lipinski definition) is 2. The zero-order valence-electron chi connectivity index (χ0n) is 28.6. The second kappa shape index (κ2) is 13.5. The van der Waals surface area contributed by atoms with Crippen LogP contribution in [-0.4, -0.2) is 73.3 Å². The maximum atomic E-state index is 13.0. The van der Waals surface area contributed by atoms with Gasteiger partial charge in [-0.2, -0.15) is 0 Å². The zero-order valence-corrected chi connectivity index (χ0v) is 28.6. The van der Waals surface area contributed by atoms with Crippen molar-refractivity contribution in [1.29, 1.82) is 0 Å². The topological polar surface area (TPSA) is 166 Å². The Morgan fingerprint density at radius 3 is 2.41 bits per heavy atom. The van der Waals surface area contributed by atoms with Gasteiger partial charge in [-0.3, -0.25) is 34.4 Å². The molecule has 0 radical (unpaired) electrons. The van der Waals surface area contributed by atoms with Gasteiger partial charge in [0.15, 0.2) is 0 Å². The highest BCUT2D eigenvalue weighted by molar-refractivity contribution is 6.23. The largest absolute Gasteiger partial charge is 0.489 e. The van der Waals surface area contributed by atoms with Crippen LogP contribution in [0.2, 0.25) is 0 Å². The van der Waals surface area contributed by atoms with Crippen LogP contribution >= 0.6 is 0 Å². The zero-order chi connectivity index (χ0) is 36.8. The van der Waals surface area contributed by atoms with E-state index in [2.05, 4.69) is 55.3 Å². The third-order valence-corrected chi connectivity index (χ3v) is 9.79. The van der Waals surface area contributed by atoms with E-state index in [1.165, 1.54) is 12.1 Å². The first-order valence-corrected chi connectivity index (χ1v) is 17.4. The Bertz CT molecular complexity index is 2550. The summed E-state index contributed by atoms with van der Waals surface area (Å²) in [6.45, 7) is 0.0115. The molecule has 13 heteroatoms. The number of imide groups is 2. The number of carbonyl (C=O) groups is 4. The van der Waals surface area contributed by atoms with E-state index in [1.54, 1.807) is 24.5 Å². The molecule has 1 unspecified atom stereocenters. The molecule has 6 aromatic rings. The lowest BCUT2D eigenvalue weighted by Gasteiger charge is -2.34. The van der Waals surface area contributed by atoms with Gasteiger partial charge in [-0.1, -0.05) is 18.1 Å². The summed E-state index contributed by atoms with van der Waals surface area (Å²) in [5.41, 5.74) is 5.02. The Kier molecular flexibility index (Phi) is 8.19. The molecule has 2 aliphatic heterocycles. The minimum Gasteiger partial charge on any atom is -0.489 e. The summed E-state index contributed by atoms with van der Waals surface area (Å²) in [7, 11) is 0. The number of pyridine rings is 3. The van der Waals surface area contributed by atoms with Crippen LogP contribution in [-0.2, 0) is 9.59 Å². The number of rotatable bonds is 8. The second-order valence-corrected chi connectivity index (χ2v) is 13.3. The molecular formula is C41H30N6O7.